The molecule has 1 saturated heterocycles. The number of benzene rings is 1. The van der Waals surface area contributed by atoms with Gasteiger partial charge in [0.2, 0.25) is 16.9 Å². The number of nitrogens with zero attached hydrogens (tertiary/aromatic N) is 5. The van der Waals surface area contributed by atoms with Gasteiger partial charge in [0, 0.05) is 37.6 Å². The van der Waals surface area contributed by atoms with Gasteiger partial charge in [0.25, 0.3) is 0 Å². The van der Waals surface area contributed by atoms with Gasteiger partial charge in [-0.15, -0.1) is 10.2 Å². The van der Waals surface area contributed by atoms with E-state index in [-0.39, 0.29) is 18.2 Å². The van der Waals surface area contributed by atoms with Gasteiger partial charge in [0.15, 0.2) is 9.92 Å². The molecule has 2 amide bonds. The van der Waals surface area contributed by atoms with Crippen molar-refractivity contribution < 1.29 is 14.1 Å². The number of hydrogen-bond donors (Lipinski definition) is 1. The molecule has 3 aromatic rings. The van der Waals surface area contributed by atoms with Crippen LogP contribution in [0.4, 0.5) is 5.13 Å². The zero-order valence-corrected chi connectivity index (χ0v) is 19.9. The highest BCUT2D eigenvalue weighted by atomic mass is 32.2. The van der Waals surface area contributed by atoms with Crippen molar-refractivity contribution in [1.29, 1.82) is 0 Å². The fourth-order valence-corrected chi connectivity index (χ4v) is 6.03. The van der Waals surface area contributed by atoms with Crippen LogP contribution < -0.4 is 10.2 Å². The molecular formula is C22H26N6O3S2. The van der Waals surface area contributed by atoms with E-state index in [1.807, 2.05) is 29.2 Å². The van der Waals surface area contributed by atoms with Crippen LogP contribution in [0.1, 0.15) is 31.4 Å². The van der Waals surface area contributed by atoms with Gasteiger partial charge < -0.3 is 19.6 Å². The first-order valence-corrected chi connectivity index (χ1v) is 13.1. The Balaban J connectivity index is 1.09. The van der Waals surface area contributed by atoms with Crippen molar-refractivity contribution >= 4 is 51.0 Å². The van der Waals surface area contributed by atoms with E-state index in [1.54, 1.807) is 0 Å². The minimum Gasteiger partial charge on any atom is -0.356 e. The number of fused-ring (bicyclic) bond motifs is 1. The summed E-state index contributed by atoms with van der Waals surface area (Å²) < 4.78 is 6.11. The molecule has 5 rings (SSSR count). The number of amides is 2. The summed E-state index contributed by atoms with van der Waals surface area (Å²) in [6.07, 6.45) is 4.81. The number of rotatable bonds is 7. The number of carbonyl (C=O) groups is 2. The third-order valence-corrected chi connectivity index (χ3v) is 8.23. The number of nitrogens with one attached hydrogen (secondary N) is 1. The lowest BCUT2D eigenvalue weighted by molar-refractivity contribution is -0.130. The Labute approximate surface area is 199 Å². The highest BCUT2D eigenvalue weighted by Crippen LogP contribution is 2.29. The number of aromatic nitrogens is 3. The molecule has 2 fully saturated rings. The third kappa shape index (κ3) is 5.30. The molecule has 0 bridgehead atoms. The fraction of sp³-hybridized carbons (Fsp3) is 0.500. The molecule has 0 radical (unpaired) electrons. The van der Waals surface area contributed by atoms with E-state index >= 15 is 0 Å². The maximum absolute atomic E-state index is 12.8. The highest BCUT2D eigenvalue weighted by Gasteiger charge is 2.25. The lowest BCUT2D eigenvalue weighted by atomic mass is 10.1. The average molecular weight is 487 g/mol. The molecular weight excluding hydrogens is 460 g/mol. The Morgan fingerprint density at radius 2 is 1.91 bits per heavy atom. The summed E-state index contributed by atoms with van der Waals surface area (Å²) in [5.74, 6) is 0.482. The van der Waals surface area contributed by atoms with Gasteiger partial charge in [0.05, 0.1) is 12.2 Å². The summed E-state index contributed by atoms with van der Waals surface area (Å²) in [6, 6.07) is 7.93. The molecule has 2 aliphatic rings. The Hall–Kier alpha value is -2.66. The van der Waals surface area contributed by atoms with Crippen LogP contribution in [0.2, 0.25) is 0 Å². The van der Waals surface area contributed by atoms with Crippen LogP contribution in [0.15, 0.2) is 33.1 Å². The quantitative estimate of drug-likeness (QED) is 0.509. The SMILES string of the molecule is O=C(CSc1nnc(N2CCN(C(=O)Cc3noc4ccccc34)CC2)s1)NC1CCCC1. The van der Waals surface area contributed by atoms with Crippen molar-refractivity contribution in [3.63, 3.8) is 0 Å². The van der Waals surface area contributed by atoms with E-state index in [2.05, 4.69) is 25.6 Å². The van der Waals surface area contributed by atoms with Gasteiger partial charge in [-0.2, -0.15) is 0 Å². The van der Waals surface area contributed by atoms with Gasteiger partial charge in [-0.05, 0) is 25.0 Å². The predicted octanol–water partition coefficient (Wildman–Crippen LogP) is 2.72. The molecule has 0 atom stereocenters. The minimum absolute atomic E-state index is 0.0514. The molecule has 1 aromatic carbocycles. The van der Waals surface area contributed by atoms with Gasteiger partial charge >= 0.3 is 0 Å². The standard InChI is InChI=1S/C22H26N6O3S2/c29-19(23-15-5-1-2-6-15)14-32-22-25-24-21(33-22)28-11-9-27(10-12-28)20(30)13-17-16-7-3-4-8-18(16)31-26-17/h3-4,7-8,15H,1-2,5-6,9-14H2,(H,23,29). The molecule has 2 aromatic heterocycles. The van der Waals surface area contributed by atoms with Crippen molar-refractivity contribution in [3.05, 3.63) is 30.0 Å². The van der Waals surface area contributed by atoms with Gasteiger partial charge in [-0.25, -0.2) is 0 Å². The van der Waals surface area contributed by atoms with Crippen molar-refractivity contribution in [2.45, 2.75) is 42.5 Å². The summed E-state index contributed by atoms with van der Waals surface area (Å²) >= 11 is 2.93. The number of anilines is 1. The first-order chi connectivity index (χ1) is 16.2. The van der Waals surface area contributed by atoms with Crippen molar-refractivity contribution in [2.24, 2.45) is 0 Å². The van der Waals surface area contributed by atoms with Crippen molar-refractivity contribution in [1.82, 2.24) is 25.6 Å². The monoisotopic (exact) mass is 486 g/mol. The van der Waals surface area contributed by atoms with Crippen LogP contribution >= 0.6 is 23.1 Å². The molecule has 33 heavy (non-hydrogen) atoms. The number of thioether (sulfide) groups is 1. The smallest absolute Gasteiger partial charge is 0.230 e. The molecule has 1 aliphatic heterocycles. The molecule has 11 heteroatoms. The maximum atomic E-state index is 12.8. The summed E-state index contributed by atoms with van der Waals surface area (Å²) in [6.45, 7) is 2.65. The summed E-state index contributed by atoms with van der Waals surface area (Å²) in [7, 11) is 0. The van der Waals surface area contributed by atoms with E-state index in [4.69, 9.17) is 4.52 Å². The van der Waals surface area contributed by atoms with Crippen LogP contribution in [-0.2, 0) is 16.0 Å². The number of hydrogen-bond acceptors (Lipinski definition) is 9. The number of para-hydroxylation sites is 1. The molecule has 1 saturated carbocycles. The van der Waals surface area contributed by atoms with E-state index in [0.29, 0.717) is 49.3 Å². The van der Waals surface area contributed by atoms with E-state index in [1.165, 1.54) is 35.9 Å². The highest BCUT2D eigenvalue weighted by molar-refractivity contribution is 8.01. The Morgan fingerprint density at radius 1 is 1.12 bits per heavy atom. The molecule has 0 unspecified atom stereocenters. The first-order valence-electron chi connectivity index (χ1n) is 11.3. The Kier molecular flexibility index (Phi) is 6.77. The second-order valence-corrected chi connectivity index (χ2v) is 10.5. The van der Waals surface area contributed by atoms with Gasteiger partial charge in [-0.3, -0.25) is 9.59 Å². The summed E-state index contributed by atoms with van der Waals surface area (Å²) in [4.78, 5) is 28.9. The summed E-state index contributed by atoms with van der Waals surface area (Å²) in [5, 5.41) is 17.4. The molecule has 1 aliphatic carbocycles. The van der Waals surface area contributed by atoms with E-state index in [0.717, 1.165) is 27.7 Å². The molecule has 1 N–H and O–H groups in total. The van der Waals surface area contributed by atoms with Crippen LogP contribution in [0, 0.1) is 0 Å². The second kappa shape index (κ2) is 10.1. The Morgan fingerprint density at radius 3 is 2.73 bits per heavy atom. The Bertz CT molecular complexity index is 1120. The van der Waals surface area contributed by atoms with Crippen LogP contribution in [0.25, 0.3) is 11.0 Å². The zero-order chi connectivity index (χ0) is 22.6. The van der Waals surface area contributed by atoms with Crippen LogP contribution in [0.3, 0.4) is 0 Å². The van der Waals surface area contributed by atoms with E-state index < -0.39 is 0 Å². The topological polar surface area (TPSA) is 104 Å². The van der Waals surface area contributed by atoms with Crippen molar-refractivity contribution in [3.8, 4) is 0 Å². The predicted molar refractivity (Wildman–Crippen MR) is 128 cm³/mol. The molecule has 3 heterocycles. The second-order valence-electron chi connectivity index (χ2n) is 8.36. The third-order valence-electron chi connectivity index (χ3n) is 6.12. The zero-order valence-electron chi connectivity index (χ0n) is 18.2. The minimum atomic E-state index is 0.0514. The largest absolute Gasteiger partial charge is 0.356 e. The average Bonchev–Trinajstić information content (AvgIpc) is 3.60. The normalized spacial score (nSPS) is 17.1. The lowest BCUT2D eigenvalue weighted by Crippen LogP contribution is -2.49. The molecule has 9 nitrogen and oxygen atoms in total. The van der Waals surface area contributed by atoms with Crippen LogP contribution in [0.5, 0.6) is 0 Å². The number of carbonyl (C=O) groups excluding carboxylic acids is 2. The van der Waals surface area contributed by atoms with E-state index in [9.17, 15) is 9.59 Å². The number of piperazine rings is 1. The summed E-state index contributed by atoms with van der Waals surface area (Å²) in [5.41, 5.74) is 1.38. The van der Waals surface area contributed by atoms with Crippen molar-refractivity contribution in [2.75, 3.05) is 36.8 Å². The van der Waals surface area contributed by atoms with Gasteiger partial charge in [-0.1, -0.05) is 53.2 Å². The van der Waals surface area contributed by atoms with Crippen LogP contribution in [-0.4, -0.2) is 70.0 Å². The molecule has 174 valence electrons. The first kappa shape index (κ1) is 22.1. The fourth-order valence-electron chi connectivity index (χ4n) is 4.32. The molecule has 0 spiro atoms. The lowest BCUT2D eigenvalue weighted by Gasteiger charge is -2.34. The van der Waals surface area contributed by atoms with Gasteiger partial charge in [0.1, 0.15) is 5.69 Å². The maximum Gasteiger partial charge on any atom is 0.230 e.